The quantitative estimate of drug-likeness (QED) is 0.726. The molecule has 0 aliphatic carbocycles. The third kappa shape index (κ3) is 4.14. The van der Waals surface area contributed by atoms with Gasteiger partial charge in [0, 0.05) is 48.9 Å². The number of fused-ring (bicyclic) bond motifs is 1. The van der Waals surface area contributed by atoms with Gasteiger partial charge in [-0.05, 0) is 36.5 Å². The van der Waals surface area contributed by atoms with Crippen molar-refractivity contribution >= 4 is 29.9 Å². The van der Waals surface area contributed by atoms with Crippen LogP contribution >= 0.6 is 24.0 Å². The number of piperidine rings is 1. The van der Waals surface area contributed by atoms with Crippen molar-refractivity contribution in [2.45, 2.75) is 31.9 Å². The minimum absolute atomic E-state index is 0. The van der Waals surface area contributed by atoms with E-state index in [1.807, 2.05) is 17.0 Å². The van der Waals surface area contributed by atoms with Crippen LogP contribution in [0.5, 0.6) is 0 Å². The third-order valence-electron chi connectivity index (χ3n) is 5.49. The van der Waals surface area contributed by atoms with Crippen LogP contribution < -0.4 is 5.32 Å². The Balaban J connectivity index is 0.00000210. The number of H-pyrrole nitrogens is 1. The molecule has 27 heavy (non-hydrogen) atoms. The number of carbonyl (C=O) groups excluding carboxylic acids is 1. The summed E-state index contributed by atoms with van der Waals surface area (Å²) in [6.45, 7) is 2.89. The Hall–Kier alpha value is -1.60. The number of likely N-dealkylation sites (tertiary alicyclic amines) is 1. The Bertz CT molecular complexity index is 786. The minimum Gasteiger partial charge on any atom is -0.388 e. The summed E-state index contributed by atoms with van der Waals surface area (Å²) in [6.07, 6.45) is 1.91. The molecular formula is C19H24Cl2N4O2. The van der Waals surface area contributed by atoms with Gasteiger partial charge in [-0.2, -0.15) is 5.10 Å². The first-order valence-corrected chi connectivity index (χ1v) is 9.51. The van der Waals surface area contributed by atoms with Gasteiger partial charge in [-0.25, -0.2) is 0 Å². The number of nitrogens with one attached hydrogen (secondary N) is 2. The zero-order valence-corrected chi connectivity index (χ0v) is 16.5. The van der Waals surface area contributed by atoms with Crippen LogP contribution in [-0.4, -0.2) is 45.7 Å². The molecule has 1 fully saturated rings. The van der Waals surface area contributed by atoms with E-state index >= 15 is 0 Å². The molecule has 0 saturated carbocycles. The SMILES string of the molecule is Cl.O=C(c1n[nH]c2c1CNCC2)N1CCC(C(O)c2ccc(Cl)cc2)CC1. The number of aromatic amines is 1. The van der Waals surface area contributed by atoms with Gasteiger partial charge in [0.05, 0.1) is 6.10 Å². The third-order valence-corrected chi connectivity index (χ3v) is 5.75. The molecule has 146 valence electrons. The molecule has 2 aromatic rings. The summed E-state index contributed by atoms with van der Waals surface area (Å²) in [6, 6.07) is 7.34. The summed E-state index contributed by atoms with van der Waals surface area (Å²) < 4.78 is 0. The largest absolute Gasteiger partial charge is 0.388 e. The first-order chi connectivity index (χ1) is 12.6. The van der Waals surface area contributed by atoms with Crippen molar-refractivity contribution in [1.29, 1.82) is 0 Å². The summed E-state index contributed by atoms with van der Waals surface area (Å²) in [7, 11) is 0. The van der Waals surface area contributed by atoms with E-state index in [1.165, 1.54) is 0 Å². The van der Waals surface area contributed by atoms with Gasteiger partial charge >= 0.3 is 0 Å². The summed E-state index contributed by atoms with van der Waals surface area (Å²) in [4.78, 5) is 14.7. The number of aromatic nitrogens is 2. The Labute approximate surface area is 169 Å². The molecule has 2 aliphatic rings. The molecule has 0 radical (unpaired) electrons. The van der Waals surface area contributed by atoms with Crippen molar-refractivity contribution in [1.82, 2.24) is 20.4 Å². The Kier molecular flexibility index (Phi) is 6.42. The normalized spacial score (nSPS) is 18.5. The van der Waals surface area contributed by atoms with Crippen LogP contribution in [0, 0.1) is 5.92 Å². The van der Waals surface area contributed by atoms with Gasteiger partial charge in [-0.3, -0.25) is 9.89 Å². The van der Waals surface area contributed by atoms with Crippen molar-refractivity contribution in [3.8, 4) is 0 Å². The molecule has 1 atom stereocenters. The highest BCUT2D eigenvalue weighted by molar-refractivity contribution is 6.30. The van der Waals surface area contributed by atoms with E-state index in [1.54, 1.807) is 12.1 Å². The highest BCUT2D eigenvalue weighted by Crippen LogP contribution is 2.32. The fourth-order valence-electron chi connectivity index (χ4n) is 3.90. The van der Waals surface area contributed by atoms with Gasteiger partial charge < -0.3 is 15.3 Å². The average Bonchev–Trinajstić information content (AvgIpc) is 3.12. The Morgan fingerprint density at radius 1 is 1.26 bits per heavy atom. The number of aliphatic hydroxyl groups is 1. The van der Waals surface area contributed by atoms with E-state index < -0.39 is 6.10 Å². The molecule has 0 spiro atoms. The number of carbonyl (C=O) groups is 1. The first-order valence-electron chi connectivity index (χ1n) is 9.13. The number of amides is 1. The lowest BCUT2D eigenvalue weighted by atomic mass is 9.87. The van der Waals surface area contributed by atoms with Crippen LogP contribution in [0.25, 0.3) is 0 Å². The second kappa shape index (κ2) is 8.61. The van der Waals surface area contributed by atoms with Gasteiger partial charge in [0.2, 0.25) is 0 Å². The maximum absolute atomic E-state index is 12.9. The van der Waals surface area contributed by atoms with Gasteiger partial charge in [0.25, 0.3) is 5.91 Å². The van der Waals surface area contributed by atoms with Gasteiger partial charge in [-0.1, -0.05) is 23.7 Å². The number of hydrogen-bond acceptors (Lipinski definition) is 4. The molecule has 1 saturated heterocycles. The Morgan fingerprint density at radius 3 is 2.67 bits per heavy atom. The predicted octanol–water partition coefficient (Wildman–Crippen LogP) is 2.72. The molecule has 6 nitrogen and oxygen atoms in total. The number of rotatable bonds is 3. The van der Waals surface area contributed by atoms with Crippen LogP contribution in [-0.2, 0) is 13.0 Å². The van der Waals surface area contributed by atoms with E-state index in [4.69, 9.17) is 11.6 Å². The average molecular weight is 411 g/mol. The lowest BCUT2D eigenvalue weighted by molar-refractivity contribution is 0.0458. The number of nitrogens with zero attached hydrogens (tertiary/aromatic N) is 2. The van der Waals surface area contributed by atoms with Gasteiger partial charge in [0.15, 0.2) is 5.69 Å². The summed E-state index contributed by atoms with van der Waals surface area (Å²) >= 11 is 5.92. The summed E-state index contributed by atoms with van der Waals surface area (Å²) in [5, 5.41) is 21.9. The fraction of sp³-hybridized carbons (Fsp3) is 0.474. The summed E-state index contributed by atoms with van der Waals surface area (Å²) in [5.74, 6) is 0.139. The molecule has 1 aromatic carbocycles. The Morgan fingerprint density at radius 2 is 1.96 bits per heavy atom. The first kappa shape index (κ1) is 20.1. The second-order valence-electron chi connectivity index (χ2n) is 7.08. The summed E-state index contributed by atoms with van der Waals surface area (Å²) in [5.41, 5.74) is 3.50. The molecule has 2 aliphatic heterocycles. The lowest BCUT2D eigenvalue weighted by Gasteiger charge is -2.34. The lowest BCUT2D eigenvalue weighted by Crippen LogP contribution is -2.40. The van der Waals surface area contributed by atoms with Crippen LogP contribution in [0.15, 0.2) is 24.3 Å². The molecule has 8 heteroatoms. The highest BCUT2D eigenvalue weighted by atomic mass is 35.5. The van der Waals surface area contributed by atoms with E-state index in [0.29, 0.717) is 30.4 Å². The number of hydrogen-bond donors (Lipinski definition) is 3. The van der Waals surface area contributed by atoms with Crippen molar-refractivity contribution in [2.24, 2.45) is 5.92 Å². The minimum atomic E-state index is -0.521. The van der Waals surface area contributed by atoms with E-state index in [0.717, 1.165) is 42.6 Å². The van der Waals surface area contributed by atoms with Crippen LogP contribution in [0.3, 0.4) is 0 Å². The van der Waals surface area contributed by atoms with Gasteiger partial charge in [0.1, 0.15) is 0 Å². The van der Waals surface area contributed by atoms with Gasteiger partial charge in [-0.15, -0.1) is 12.4 Å². The van der Waals surface area contributed by atoms with Crippen molar-refractivity contribution in [3.05, 3.63) is 51.8 Å². The van der Waals surface area contributed by atoms with E-state index in [-0.39, 0.29) is 24.2 Å². The fourth-order valence-corrected chi connectivity index (χ4v) is 4.03. The zero-order valence-electron chi connectivity index (χ0n) is 14.9. The number of benzene rings is 1. The number of halogens is 2. The van der Waals surface area contributed by atoms with Crippen LogP contribution in [0.4, 0.5) is 0 Å². The molecule has 3 N–H and O–H groups in total. The van der Waals surface area contributed by atoms with Crippen molar-refractivity contribution in [3.63, 3.8) is 0 Å². The maximum Gasteiger partial charge on any atom is 0.274 e. The second-order valence-corrected chi connectivity index (χ2v) is 7.52. The van der Waals surface area contributed by atoms with Crippen LogP contribution in [0.2, 0.25) is 5.02 Å². The topological polar surface area (TPSA) is 81.2 Å². The molecule has 1 unspecified atom stereocenters. The van der Waals surface area contributed by atoms with E-state index in [9.17, 15) is 9.90 Å². The smallest absolute Gasteiger partial charge is 0.274 e. The molecule has 1 amide bonds. The molecule has 4 rings (SSSR count). The van der Waals surface area contributed by atoms with Crippen LogP contribution in [0.1, 0.15) is 46.3 Å². The molecule has 3 heterocycles. The predicted molar refractivity (Wildman–Crippen MR) is 106 cm³/mol. The zero-order chi connectivity index (χ0) is 18.1. The molecular weight excluding hydrogens is 387 g/mol. The highest BCUT2D eigenvalue weighted by Gasteiger charge is 2.31. The molecule has 0 bridgehead atoms. The monoisotopic (exact) mass is 410 g/mol. The molecule has 1 aromatic heterocycles. The standard InChI is InChI=1S/C19H23ClN4O2.ClH/c20-14-3-1-12(2-4-14)18(25)13-6-9-24(10-7-13)19(26)17-15-11-21-8-5-16(15)22-23-17;/h1-4,13,18,21,25H,5-11H2,(H,22,23);1H. The van der Waals surface area contributed by atoms with Crippen molar-refractivity contribution in [2.75, 3.05) is 19.6 Å². The van der Waals surface area contributed by atoms with Crippen molar-refractivity contribution < 1.29 is 9.90 Å². The van der Waals surface area contributed by atoms with E-state index in [2.05, 4.69) is 15.5 Å². The number of aliphatic hydroxyl groups excluding tert-OH is 1. The maximum atomic E-state index is 12.9.